The van der Waals surface area contributed by atoms with Gasteiger partial charge in [-0.2, -0.15) is 0 Å². The van der Waals surface area contributed by atoms with Crippen LogP contribution in [0.1, 0.15) is 35.7 Å². The van der Waals surface area contributed by atoms with E-state index >= 15 is 0 Å². The van der Waals surface area contributed by atoms with Crippen LogP contribution in [0.2, 0.25) is 0 Å². The molecule has 0 saturated carbocycles. The van der Waals surface area contributed by atoms with Crippen molar-refractivity contribution in [2.45, 2.75) is 26.7 Å². The Hall–Kier alpha value is -1.49. The second-order valence-corrected chi connectivity index (χ2v) is 5.64. The van der Waals surface area contributed by atoms with Gasteiger partial charge in [-0.15, -0.1) is 0 Å². The van der Waals surface area contributed by atoms with Gasteiger partial charge in [-0.25, -0.2) is 8.78 Å². The van der Waals surface area contributed by atoms with E-state index in [9.17, 15) is 13.6 Å². The lowest BCUT2D eigenvalue weighted by molar-refractivity contribution is 0.0724. The first-order valence-corrected chi connectivity index (χ1v) is 7.48. The molecular weight excluding hydrogens is 274 g/mol. The van der Waals surface area contributed by atoms with Gasteiger partial charge in [0.1, 0.15) is 11.6 Å². The maximum atomic E-state index is 13.9. The molecule has 0 aliphatic carbocycles. The van der Waals surface area contributed by atoms with Gasteiger partial charge in [-0.1, -0.05) is 0 Å². The lowest BCUT2D eigenvalue weighted by Crippen LogP contribution is -2.41. The zero-order valence-electron chi connectivity index (χ0n) is 12.6. The van der Waals surface area contributed by atoms with Gasteiger partial charge in [0, 0.05) is 19.2 Å². The number of nitrogens with zero attached hydrogens (tertiary/aromatic N) is 1. The molecule has 1 atom stereocenters. The van der Waals surface area contributed by atoms with E-state index in [0.717, 1.165) is 32.0 Å². The van der Waals surface area contributed by atoms with Crippen LogP contribution in [0.15, 0.2) is 12.1 Å². The van der Waals surface area contributed by atoms with Crippen LogP contribution < -0.4 is 5.32 Å². The zero-order chi connectivity index (χ0) is 15.4. The van der Waals surface area contributed by atoms with E-state index < -0.39 is 11.6 Å². The van der Waals surface area contributed by atoms with E-state index in [1.54, 1.807) is 4.90 Å². The molecule has 1 aliphatic heterocycles. The molecule has 0 spiro atoms. The molecular formula is C16H22F2N2O. The van der Waals surface area contributed by atoms with Crippen LogP contribution in [-0.4, -0.2) is 37.0 Å². The Morgan fingerprint density at radius 1 is 1.38 bits per heavy atom. The van der Waals surface area contributed by atoms with E-state index in [0.29, 0.717) is 19.0 Å². The van der Waals surface area contributed by atoms with E-state index in [1.165, 1.54) is 13.0 Å². The maximum absolute atomic E-state index is 13.9. The van der Waals surface area contributed by atoms with Gasteiger partial charge in [0.05, 0.1) is 5.56 Å². The first-order chi connectivity index (χ1) is 10.0. The largest absolute Gasteiger partial charge is 0.339 e. The third kappa shape index (κ3) is 3.79. The number of piperidine rings is 1. The molecule has 1 amide bonds. The molecule has 0 radical (unpaired) electrons. The molecule has 2 rings (SSSR count). The number of nitrogens with one attached hydrogen (secondary N) is 1. The summed E-state index contributed by atoms with van der Waals surface area (Å²) in [7, 11) is 0. The summed E-state index contributed by atoms with van der Waals surface area (Å²) in [5.74, 6) is -1.37. The highest BCUT2D eigenvalue weighted by Crippen LogP contribution is 2.18. The minimum Gasteiger partial charge on any atom is -0.339 e. The maximum Gasteiger partial charge on any atom is 0.256 e. The highest BCUT2D eigenvalue weighted by Gasteiger charge is 2.23. The fourth-order valence-corrected chi connectivity index (χ4v) is 2.74. The second-order valence-electron chi connectivity index (χ2n) is 5.64. The van der Waals surface area contributed by atoms with Gasteiger partial charge in [0.2, 0.25) is 0 Å². The minimum atomic E-state index is -0.789. The summed E-state index contributed by atoms with van der Waals surface area (Å²) >= 11 is 0. The summed E-state index contributed by atoms with van der Waals surface area (Å²) in [5, 5.41) is 3.31. The van der Waals surface area contributed by atoms with Crippen LogP contribution in [0.25, 0.3) is 0 Å². The van der Waals surface area contributed by atoms with Crippen LogP contribution >= 0.6 is 0 Å². The molecule has 1 fully saturated rings. The first kappa shape index (κ1) is 15.9. The molecule has 1 saturated heterocycles. The number of carbonyl (C=O) groups excluding carboxylic acids is 1. The monoisotopic (exact) mass is 296 g/mol. The van der Waals surface area contributed by atoms with Gasteiger partial charge in [-0.3, -0.25) is 4.79 Å². The van der Waals surface area contributed by atoms with E-state index in [4.69, 9.17) is 0 Å². The van der Waals surface area contributed by atoms with Gasteiger partial charge < -0.3 is 10.2 Å². The van der Waals surface area contributed by atoms with Crippen molar-refractivity contribution in [2.24, 2.45) is 5.92 Å². The van der Waals surface area contributed by atoms with Crippen LogP contribution in [0.3, 0.4) is 0 Å². The van der Waals surface area contributed by atoms with Crippen molar-refractivity contribution in [1.82, 2.24) is 10.2 Å². The molecule has 0 bridgehead atoms. The number of rotatable bonds is 4. The number of benzene rings is 1. The standard InChI is InChI=1S/C16H22F2N2O/c1-3-20(10-12-5-4-6-19-9-12)16(21)13-7-11(2)14(17)8-15(13)18/h7-8,12,19H,3-6,9-10H2,1-2H3. The molecule has 3 nitrogen and oxygen atoms in total. The third-order valence-corrected chi connectivity index (χ3v) is 4.03. The third-order valence-electron chi connectivity index (χ3n) is 4.03. The van der Waals surface area contributed by atoms with Gasteiger partial charge in [0.25, 0.3) is 5.91 Å². The van der Waals surface area contributed by atoms with Crippen LogP contribution in [-0.2, 0) is 0 Å². The number of amides is 1. The normalized spacial score (nSPS) is 18.6. The highest BCUT2D eigenvalue weighted by atomic mass is 19.1. The fourth-order valence-electron chi connectivity index (χ4n) is 2.74. The number of halogens is 2. The first-order valence-electron chi connectivity index (χ1n) is 7.48. The van der Waals surface area contributed by atoms with E-state index in [-0.39, 0.29) is 17.0 Å². The predicted octanol–water partition coefficient (Wildman–Crippen LogP) is 2.73. The Labute approximate surface area is 124 Å². The van der Waals surface area contributed by atoms with Crippen molar-refractivity contribution in [3.63, 3.8) is 0 Å². The van der Waals surface area contributed by atoms with Crippen LogP contribution in [0, 0.1) is 24.5 Å². The molecule has 1 aromatic carbocycles. The number of aryl methyl sites for hydroxylation is 1. The Bertz CT molecular complexity index is 513. The Morgan fingerprint density at radius 2 is 2.14 bits per heavy atom. The minimum absolute atomic E-state index is 0.0421. The smallest absolute Gasteiger partial charge is 0.256 e. The molecule has 0 aromatic heterocycles. The fraction of sp³-hybridized carbons (Fsp3) is 0.562. The van der Waals surface area contributed by atoms with E-state index in [2.05, 4.69) is 5.32 Å². The molecule has 1 heterocycles. The Morgan fingerprint density at radius 3 is 2.76 bits per heavy atom. The van der Waals surface area contributed by atoms with Crippen molar-refractivity contribution in [1.29, 1.82) is 0 Å². The van der Waals surface area contributed by atoms with E-state index in [1.807, 2.05) is 6.92 Å². The summed E-state index contributed by atoms with van der Waals surface area (Å²) < 4.78 is 27.2. The lowest BCUT2D eigenvalue weighted by Gasteiger charge is -2.29. The average Bonchev–Trinajstić information content (AvgIpc) is 2.49. The van der Waals surface area contributed by atoms with Gasteiger partial charge >= 0.3 is 0 Å². The summed E-state index contributed by atoms with van der Waals surface area (Å²) in [5.41, 5.74) is 0.245. The van der Waals surface area contributed by atoms with Crippen LogP contribution in [0.5, 0.6) is 0 Å². The average molecular weight is 296 g/mol. The molecule has 21 heavy (non-hydrogen) atoms. The molecule has 116 valence electrons. The number of hydrogen-bond donors (Lipinski definition) is 1. The number of carbonyl (C=O) groups is 1. The van der Waals surface area contributed by atoms with Crippen molar-refractivity contribution in [3.8, 4) is 0 Å². The molecule has 1 unspecified atom stereocenters. The quantitative estimate of drug-likeness (QED) is 0.926. The summed E-state index contributed by atoms with van der Waals surface area (Å²) in [6, 6.07) is 2.09. The SMILES string of the molecule is CCN(CC1CCCNC1)C(=O)c1cc(C)c(F)cc1F. The summed E-state index contributed by atoms with van der Waals surface area (Å²) in [4.78, 5) is 14.1. The van der Waals surface area contributed by atoms with Crippen molar-refractivity contribution in [2.75, 3.05) is 26.2 Å². The van der Waals surface area contributed by atoms with Crippen molar-refractivity contribution < 1.29 is 13.6 Å². The topological polar surface area (TPSA) is 32.3 Å². The lowest BCUT2D eigenvalue weighted by atomic mass is 9.98. The van der Waals surface area contributed by atoms with Crippen molar-refractivity contribution in [3.05, 3.63) is 34.9 Å². The highest BCUT2D eigenvalue weighted by molar-refractivity contribution is 5.94. The van der Waals surface area contributed by atoms with Gasteiger partial charge in [-0.05, 0) is 57.3 Å². The van der Waals surface area contributed by atoms with Gasteiger partial charge in [0.15, 0.2) is 0 Å². The Kier molecular flexibility index (Phi) is 5.28. The summed E-state index contributed by atoms with van der Waals surface area (Å²) in [6.07, 6.45) is 2.17. The van der Waals surface area contributed by atoms with Crippen molar-refractivity contribution >= 4 is 5.91 Å². The van der Waals surface area contributed by atoms with Crippen LogP contribution in [0.4, 0.5) is 8.78 Å². The number of hydrogen-bond acceptors (Lipinski definition) is 2. The Balaban J connectivity index is 2.14. The molecule has 1 aliphatic rings. The zero-order valence-corrected chi connectivity index (χ0v) is 12.6. The second kappa shape index (κ2) is 6.98. The molecule has 5 heteroatoms. The molecule has 1 aromatic rings. The molecule has 1 N–H and O–H groups in total. The summed E-state index contributed by atoms with van der Waals surface area (Å²) in [6.45, 7) is 6.44. The predicted molar refractivity (Wildman–Crippen MR) is 78.3 cm³/mol.